The Balaban J connectivity index is 2.66. The number of hydrogen-bond donors (Lipinski definition) is 2. The van der Waals surface area contributed by atoms with Crippen LogP contribution < -0.4 is 0 Å². The van der Waals surface area contributed by atoms with Crippen LogP contribution in [0.3, 0.4) is 0 Å². The Bertz CT molecular complexity index is 204. The molecule has 1 rings (SSSR count). The fourth-order valence-corrected chi connectivity index (χ4v) is 1.38. The highest BCUT2D eigenvalue weighted by Gasteiger charge is 2.41. The molecule has 0 spiro atoms. The van der Waals surface area contributed by atoms with Gasteiger partial charge in [-0.15, -0.1) is 0 Å². The average molecular weight is 173 g/mol. The van der Waals surface area contributed by atoms with Crippen molar-refractivity contribution in [2.75, 3.05) is 7.11 Å². The standard InChI is InChI=1S/C6H11N3O3/c1-12-4-2-3(8-9-7)5(10)6(4)11/h3-6,10-11H,2H2,1H3/t3-,4-,5+,6+/m0/s1. The summed E-state index contributed by atoms with van der Waals surface area (Å²) in [4.78, 5) is 2.57. The molecule has 0 amide bonds. The number of hydrogen-bond acceptors (Lipinski definition) is 4. The number of aliphatic hydroxyl groups is 2. The van der Waals surface area contributed by atoms with Crippen LogP contribution in [0.4, 0.5) is 0 Å². The maximum atomic E-state index is 9.30. The van der Waals surface area contributed by atoms with Crippen LogP contribution in [-0.4, -0.2) is 41.7 Å². The van der Waals surface area contributed by atoms with Gasteiger partial charge in [0.1, 0.15) is 6.10 Å². The minimum atomic E-state index is -1.01. The predicted octanol–water partition coefficient (Wildman–Crippen LogP) is -0.194. The highest BCUT2D eigenvalue weighted by Crippen LogP contribution is 2.25. The molecule has 1 aliphatic rings. The molecule has 0 bridgehead atoms. The van der Waals surface area contributed by atoms with E-state index in [0.29, 0.717) is 6.42 Å². The highest BCUT2D eigenvalue weighted by molar-refractivity contribution is 4.96. The summed E-state index contributed by atoms with van der Waals surface area (Å²) >= 11 is 0. The molecule has 0 heterocycles. The van der Waals surface area contributed by atoms with Crippen molar-refractivity contribution in [1.29, 1.82) is 0 Å². The second-order valence-electron chi connectivity index (χ2n) is 2.76. The molecule has 0 radical (unpaired) electrons. The van der Waals surface area contributed by atoms with Gasteiger partial charge in [-0.3, -0.25) is 0 Å². The van der Waals surface area contributed by atoms with Crippen molar-refractivity contribution in [2.45, 2.75) is 30.8 Å². The lowest BCUT2D eigenvalue weighted by Gasteiger charge is -2.13. The van der Waals surface area contributed by atoms with Gasteiger partial charge < -0.3 is 14.9 Å². The number of nitrogens with zero attached hydrogens (tertiary/aromatic N) is 3. The van der Waals surface area contributed by atoms with Crippen molar-refractivity contribution >= 4 is 0 Å². The summed E-state index contributed by atoms with van der Waals surface area (Å²) in [5.41, 5.74) is 8.11. The zero-order valence-corrected chi connectivity index (χ0v) is 6.66. The van der Waals surface area contributed by atoms with Gasteiger partial charge in [-0.05, 0) is 12.0 Å². The number of azide groups is 1. The minimum Gasteiger partial charge on any atom is -0.390 e. The van der Waals surface area contributed by atoms with E-state index in [1.54, 1.807) is 0 Å². The summed E-state index contributed by atoms with van der Waals surface area (Å²) in [5, 5.41) is 21.9. The van der Waals surface area contributed by atoms with Gasteiger partial charge in [0.15, 0.2) is 0 Å². The molecule has 0 saturated heterocycles. The van der Waals surface area contributed by atoms with Crippen LogP contribution in [0.1, 0.15) is 6.42 Å². The maximum Gasteiger partial charge on any atom is 0.106 e. The normalized spacial score (nSPS) is 40.9. The van der Waals surface area contributed by atoms with E-state index in [4.69, 9.17) is 10.3 Å². The van der Waals surface area contributed by atoms with Gasteiger partial charge in [-0.25, -0.2) is 0 Å². The fraction of sp³-hybridized carbons (Fsp3) is 1.00. The van der Waals surface area contributed by atoms with Crippen molar-refractivity contribution in [3.8, 4) is 0 Å². The van der Waals surface area contributed by atoms with E-state index >= 15 is 0 Å². The van der Waals surface area contributed by atoms with Gasteiger partial charge in [-0.2, -0.15) is 0 Å². The van der Waals surface area contributed by atoms with E-state index in [-0.39, 0.29) is 0 Å². The third-order valence-corrected chi connectivity index (χ3v) is 2.10. The maximum absolute atomic E-state index is 9.30. The molecular weight excluding hydrogens is 162 g/mol. The Kier molecular flexibility index (Phi) is 2.88. The predicted molar refractivity (Wildman–Crippen MR) is 40.4 cm³/mol. The van der Waals surface area contributed by atoms with E-state index < -0.39 is 24.4 Å². The molecular formula is C6H11N3O3. The molecule has 4 atom stereocenters. The molecule has 68 valence electrons. The summed E-state index contributed by atoms with van der Waals surface area (Å²) in [6.45, 7) is 0. The van der Waals surface area contributed by atoms with Crippen molar-refractivity contribution in [3.05, 3.63) is 10.4 Å². The molecule has 2 N–H and O–H groups in total. The second kappa shape index (κ2) is 3.73. The summed E-state index contributed by atoms with van der Waals surface area (Å²) in [5.74, 6) is 0. The quantitative estimate of drug-likeness (QED) is 0.344. The van der Waals surface area contributed by atoms with E-state index in [9.17, 15) is 10.2 Å². The largest absolute Gasteiger partial charge is 0.390 e. The molecule has 0 unspecified atom stereocenters. The summed E-state index contributed by atoms with van der Waals surface area (Å²) in [6, 6.07) is -0.574. The first-order valence-electron chi connectivity index (χ1n) is 3.64. The van der Waals surface area contributed by atoms with Gasteiger partial charge in [0.05, 0.1) is 18.2 Å². The van der Waals surface area contributed by atoms with Gasteiger partial charge >= 0.3 is 0 Å². The Hall–Kier alpha value is -0.810. The topological polar surface area (TPSA) is 98.5 Å². The Morgan fingerprint density at radius 2 is 2.17 bits per heavy atom. The third kappa shape index (κ3) is 1.51. The fourth-order valence-electron chi connectivity index (χ4n) is 1.38. The lowest BCUT2D eigenvalue weighted by molar-refractivity contribution is -0.0379. The zero-order chi connectivity index (χ0) is 9.14. The lowest BCUT2D eigenvalue weighted by atomic mass is 10.2. The smallest absolute Gasteiger partial charge is 0.106 e. The molecule has 6 nitrogen and oxygen atoms in total. The third-order valence-electron chi connectivity index (χ3n) is 2.10. The summed E-state index contributed by atoms with van der Waals surface area (Å²) in [7, 11) is 1.44. The Labute approximate surface area is 69.4 Å². The molecule has 0 aliphatic heterocycles. The molecule has 0 aromatic heterocycles. The van der Waals surface area contributed by atoms with E-state index in [1.807, 2.05) is 0 Å². The summed E-state index contributed by atoms with van der Waals surface area (Å²) < 4.78 is 4.88. The first-order chi connectivity index (χ1) is 5.70. The average Bonchev–Trinajstić information content (AvgIpc) is 2.33. The van der Waals surface area contributed by atoms with Crippen LogP contribution in [0.25, 0.3) is 10.4 Å². The number of rotatable bonds is 2. The molecule has 12 heavy (non-hydrogen) atoms. The Morgan fingerprint density at radius 1 is 1.50 bits per heavy atom. The van der Waals surface area contributed by atoms with Crippen LogP contribution >= 0.6 is 0 Å². The lowest BCUT2D eigenvalue weighted by Crippen LogP contribution is -2.32. The van der Waals surface area contributed by atoms with Gasteiger partial charge in [0.25, 0.3) is 0 Å². The van der Waals surface area contributed by atoms with Crippen molar-refractivity contribution in [2.24, 2.45) is 5.11 Å². The van der Waals surface area contributed by atoms with E-state index in [0.717, 1.165) is 0 Å². The number of ether oxygens (including phenoxy) is 1. The second-order valence-corrected chi connectivity index (χ2v) is 2.76. The zero-order valence-electron chi connectivity index (χ0n) is 6.66. The van der Waals surface area contributed by atoms with Crippen molar-refractivity contribution in [3.63, 3.8) is 0 Å². The number of methoxy groups -OCH3 is 1. The van der Waals surface area contributed by atoms with E-state index in [1.165, 1.54) is 7.11 Å². The SMILES string of the molecule is CO[C@H]1C[C@H](N=[N+]=[N-])[C@@H](O)[C@@H]1O. The van der Waals surface area contributed by atoms with Crippen LogP contribution in [-0.2, 0) is 4.74 Å². The monoisotopic (exact) mass is 173 g/mol. The molecule has 0 aromatic carbocycles. The molecule has 0 aromatic rings. The van der Waals surface area contributed by atoms with Crippen molar-refractivity contribution < 1.29 is 14.9 Å². The minimum absolute atomic E-state index is 0.364. The summed E-state index contributed by atoms with van der Waals surface area (Å²) in [6.07, 6.45) is -2.03. The van der Waals surface area contributed by atoms with Crippen LogP contribution in [0.2, 0.25) is 0 Å². The van der Waals surface area contributed by atoms with Crippen LogP contribution in [0.15, 0.2) is 5.11 Å². The number of aliphatic hydroxyl groups excluding tert-OH is 2. The van der Waals surface area contributed by atoms with Crippen LogP contribution in [0, 0.1) is 0 Å². The molecule has 1 fully saturated rings. The van der Waals surface area contributed by atoms with Gasteiger partial charge in [0.2, 0.25) is 0 Å². The van der Waals surface area contributed by atoms with Gasteiger partial charge in [0, 0.05) is 12.0 Å². The molecule has 1 saturated carbocycles. The Morgan fingerprint density at radius 3 is 2.58 bits per heavy atom. The highest BCUT2D eigenvalue weighted by atomic mass is 16.5. The molecule has 6 heteroatoms. The first-order valence-corrected chi connectivity index (χ1v) is 3.64. The first kappa shape index (κ1) is 9.28. The van der Waals surface area contributed by atoms with Crippen LogP contribution in [0.5, 0.6) is 0 Å². The van der Waals surface area contributed by atoms with Crippen molar-refractivity contribution in [1.82, 2.24) is 0 Å². The van der Waals surface area contributed by atoms with E-state index in [2.05, 4.69) is 10.0 Å². The van der Waals surface area contributed by atoms with Gasteiger partial charge in [-0.1, -0.05) is 5.11 Å². The molecule has 1 aliphatic carbocycles.